The van der Waals surface area contributed by atoms with E-state index in [0.29, 0.717) is 6.42 Å². The molecule has 0 spiro atoms. The summed E-state index contributed by atoms with van der Waals surface area (Å²) in [6.07, 6.45) is 0.676. The van der Waals surface area contributed by atoms with Crippen LogP contribution in [0.15, 0.2) is 53.4 Å². The number of aromatic carboxylic acids is 1. The first-order chi connectivity index (χ1) is 11.4. The standard InChI is InChI=1S/C17H19NO5S/c1-2-13-6-5-7-14(12-13)24(22,23)18(10-11-19)16-9-4-3-8-15(16)17(20)21/h3-9,12,19H,2,10-11H2,1H3,(H,20,21). The molecule has 0 saturated heterocycles. The van der Waals surface area contributed by atoms with Crippen LogP contribution >= 0.6 is 0 Å². The number of aliphatic hydroxyl groups excluding tert-OH is 1. The molecule has 2 N–H and O–H groups in total. The fourth-order valence-corrected chi connectivity index (χ4v) is 3.93. The molecule has 0 radical (unpaired) electrons. The number of carboxylic acid groups (broad SMARTS) is 1. The molecule has 24 heavy (non-hydrogen) atoms. The zero-order valence-electron chi connectivity index (χ0n) is 13.2. The summed E-state index contributed by atoms with van der Waals surface area (Å²) in [4.78, 5) is 11.5. The molecular weight excluding hydrogens is 330 g/mol. The van der Waals surface area contributed by atoms with Crippen molar-refractivity contribution in [2.24, 2.45) is 0 Å². The van der Waals surface area contributed by atoms with Gasteiger partial charge in [-0.2, -0.15) is 0 Å². The van der Waals surface area contributed by atoms with E-state index in [4.69, 9.17) is 0 Å². The first-order valence-electron chi connectivity index (χ1n) is 7.46. The van der Waals surface area contributed by atoms with Crippen LogP contribution in [0.1, 0.15) is 22.8 Å². The van der Waals surface area contributed by atoms with Crippen molar-refractivity contribution in [3.8, 4) is 0 Å². The summed E-state index contributed by atoms with van der Waals surface area (Å²) in [5.74, 6) is -1.23. The van der Waals surface area contributed by atoms with Crippen LogP contribution in [0.3, 0.4) is 0 Å². The number of para-hydroxylation sites is 1. The van der Waals surface area contributed by atoms with Gasteiger partial charge < -0.3 is 10.2 Å². The molecule has 0 saturated carbocycles. The lowest BCUT2D eigenvalue weighted by Crippen LogP contribution is -2.34. The van der Waals surface area contributed by atoms with Crippen LogP contribution in [0.2, 0.25) is 0 Å². The smallest absolute Gasteiger partial charge is 0.337 e. The highest BCUT2D eigenvalue weighted by Crippen LogP contribution is 2.27. The van der Waals surface area contributed by atoms with E-state index < -0.39 is 22.6 Å². The molecule has 2 rings (SSSR count). The first-order valence-corrected chi connectivity index (χ1v) is 8.90. The van der Waals surface area contributed by atoms with Gasteiger partial charge in [0, 0.05) is 0 Å². The highest BCUT2D eigenvalue weighted by molar-refractivity contribution is 7.92. The lowest BCUT2D eigenvalue weighted by Gasteiger charge is -2.25. The fraction of sp³-hybridized carbons (Fsp3) is 0.235. The van der Waals surface area contributed by atoms with Crippen LogP contribution in [0.4, 0.5) is 5.69 Å². The van der Waals surface area contributed by atoms with Gasteiger partial charge in [-0.15, -0.1) is 0 Å². The van der Waals surface area contributed by atoms with Gasteiger partial charge in [0.2, 0.25) is 0 Å². The molecule has 2 aromatic carbocycles. The third-order valence-electron chi connectivity index (χ3n) is 3.60. The first kappa shape index (κ1) is 18.0. The Bertz CT molecular complexity index is 832. The van der Waals surface area contributed by atoms with Crippen molar-refractivity contribution in [3.63, 3.8) is 0 Å². The van der Waals surface area contributed by atoms with Crippen LogP contribution in [-0.2, 0) is 16.4 Å². The molecule has 7 heteroatoms. The highest BCUT2D eigenvalue weighted by atomic mass is 32.2. The number of carboxylic acids is 1. The third kappa shape index (κ3) is 3.58. The molecule has 0 aromatic heterocycles. The number of aliphatic hydroxyl groups is 1. The summed E-state index contributed by atoms with van der Waals surface area (Å²) in [5, 5.41) is 18.6. The van der Waals surface area contributed by atoms with Crippen LogP contribution in [0.5, 0.6) is 0 Å². The molecule has 0 unspecified atom stereocenters. The van der Waals surface area contributed by atoms with Gasteiger partial charge in [0.05, 0.1) is 29.3 Å². The van der Waals surface area contributed by atoms with E-state index >= 15 is 0 Å². The Morgan fingerprint density at radius 3 is 2.46 bits per heavy atom. The van der Waals surface area contributed by atoms with E-state index in [2.05, 4.69) is 0 Å². The van der Waals surface area contributed by atoms with Crippen molar-refractivity contribution in [2.75, 3.05) is 17.5 Å². The molecule has 0 fully saturated rings. The second kappa shape index (κ2) is 7.46. The predicted octanol–water partition coefficient (Wildman–Crippen LogP) is 2.13. The van der Waals surface area contributed by atoms with Gasteiger partial charge in [0.1, 0.15) is 0 Å². The lowest BCUT2D eigenvalue weighted by molar-refractivity contribution is 0.0697. The summed E-state index contributed by atoms with van der Waals surface area (Å²) >= 11 is 0. The Labute approximate surface area is 141 Å². The van der Waals surface area contributed by atoms with Gasteiger partial charge in [0.25, 0.3) is 10.0 Å². The Balaban J connectivity index is 2.60. The Kier molecular flexibility index (Phi) is 5.58. The second-order valence-corrected chi connectivity index (χ2v) is 6.99. The average Bonchev–Trinajstić information content (AvgIpc) is 2.59. The quantitative estimate of drug-likeness (QED) is 0.798. The van der Waals surface area contributed by atoms with E-state index in [-0.39, 0.29) is 22.7 Å². The number of hydrogen-bond acceptors (Lipinski definition) is 4. The molecule has 0 amide bonds. The number of anilines is 1. The van der Waals surface area contributed by atoms with Crippen molar-refractivity contribution < 1.29 is 23.4 Å². The normalized spacial score (nSPS) is 11.2. The van der Waals surface area contributed by atoms with E-state index in [1.807, 2.05) is 13.0 Å². The third-order valence-corrected chi connectivity index (χ3v) is 5.41. The summed E-state index contributed by atoms with van der Waals surface area (Å²) in [6, 6.07) is 12.3. The number of aryl methyl sites for hydroxylation is 1. The maximum Gasteiger partial charge on any atom is 0.337 e. The highest BCUT2D eigenvalue weighted by Gasteiger charge is 2.28. The van der Waals surface area contributed by atoms with Crippen molar-refractivity contribution in [3.05, 3.63) is 59.7 Å². The summed E-state index contributed by atoms with van der Waals surface area (Å²) in [5.41, 5.74) is 0.744. The minimum atomic E-state index is -3.99. The van der Waals surface area contributed by atoms with Crippen LogP contribution in [0, 0.1) is 0 Å². The van der Waals surface area contributed by atoms with Gasteiger partial charge in [-0.3, -0.25) is 4.31 Å². The molecule has 0 heterocycles. The van der Waals surface area contributed by atoms with Crippen LogP contribution in [-0.4, -0.2) is 37.8 Å². The molecule has 0 atom stereocenters. The van der Waals surface area contributed by atoms with Crippen LogP contribution in [0.25, 0.3) is 0 Å². The van der Waals surface area contributed by atoms with Gasteiger partial charge >= 0.3 is 5.97 Å². The molecule has 128 valence electrons. The lowest BCUT2D eigenvalue weighted by atomic mass is 10.2. The Hall–Kier alpha value is -2.38. The van der Waals surface area contributed by atoms with Crippen molar-refractivity contribution in [2.45, 2.75) is 18.2 Å². The Morgan fingerprint density at radius 1 is 1.12 bits per heavy atom. The molecule has 2 aromatic rings. The second-order valence-electron chi connectivity index (χ2n) is 5.12. The number of rotatable bonds is 7. The zero-order chi connectivity index (χ0) is 17.7. The summed E-state index contributed by atoms with van der Waals surface area (Å²) < 4.78 is 26.9. The van der Waals surface area contributed by atoms with Gasteiger partial charge in [0.15, 0.2) is 0 Å². The maximum absolute atomic E-state index is 13.0. The maximum atomic E-state index is 13.0. The van der Waals surface area contributed by atoms with E-state index in [1.165, 1.54) is 24.3 Å². The van der Waals surface area contributed by atoms with Crippen molar-refractivity contribution in [1.82, 2.24) is 0 Å². The predicted molar refractivity (Wildman–Crippen MR) is 90.8 cm³/mol. The number of carbonyl (C=O) groups is 1. The van der Waals surface area contributed by atoms with E-state index in [0.717, 1.165) is 9.87 Å². The SMILES string of the molecule is CCc1cccc(S(=O)(=O)N(CCO)c2ccccc2C(=O)O)c1. The molecule has 6 nitrogen and oxygen atoms in total. The minimum Gasteiger partial charge on any atom is -0.478 e. The molecule has 0 aliphatic rings. The molecular formula is C17H19NO5S. The van der Waals surface area contributed by atoms with Gasteiger partial charge in [-0.25, -0.2) is 13.2 Å². The molecule has 0 bridgehead atoms. The number of benzene rings is 2. The van der Waals surface area contributed by atoms with Crippen molar-refractivity contribution >= 4 is 21.7 Å². The zero-order valence-corrected chi connectivity index (χ0v) is 14.0. The number of nitrogens with zero attached hydrogens (tertiary/aromatic N) is 1. The van der Waals surface area contributed by atoms with E-state index in [9.17, 15) is 23.4 Å². The average molecular weight is 349 g/mol. The van der Waals surface area contributed by atoms with E-state index in [1.54, 1.807) is 18.2 Å². The van der Waals surface area contributed by atoms with Crippen molar-refractivity contribution in [1.29, 1.82) is 0 Å². The van der Waals surface area contributed by atoms with Gasteiger partial charge in [-0.1, -0.05) is 31.2 Å². The summed E-state index contributed by atoms with van der Waals surface area (Å²) in [6.45, 7) is 1.25. The largest absolute Gasteiger partial charge is 0.478 e. The fourth-order valence-electron chi connectivity index (χ4n) is 2.39. The summed E-state index contributed by atoms with van der Waals surface area (Å²) in [7, 11) is -3.99. The molecule has 0 aliphatic heterocycles. The Morgan fingerprint density at radius 2 is 1.83 bits per heavy atom. The number of sulfonamides is 1. The van der Waals surface area contributed by atoms with Gasteiger partial charge in [-0.05, 0) is 36.2 Å². The minimum absolute atomic E-state index is 0.0287. The number of hydrogen-bond donors (Lipinski definition) is 2. The molecule has 0 aliphatic carbocycles. The monoisotopic (exact) mass is 349 g/mol. The van der Waals surface area contributed by atoms with Crippen LogP contribution < -0.4 is 4.31 Å². The topological polar surface area (TPSA) is 94.9 Å².